The maximum Gasteiger partial charge on any atom is 0.266 e. The Morgan fingerprint density at radius 2 is 2.03 bits per heavy atom. The van der Waals surface area contributed by atoms with Gasteiger partial charge in [-0.1, -0.05) is 12.1 Å². The fourth-order valence-electron chi connectivity index (χ4n) is 3.86. The summed E-state index contributed by atoms with van der Waals surface area (Å²) in [4.78, 5) is 26.2. The van der Waals surface area contributed by atoms with Crippen molar-refractivity contribution in [2.45, 2.75) is 47.2 Å². The van der Waals surface area contributed by atoms with Crippen LogP contribution in [0.2, 0.25) is 0 Å². The van der Waals surface area contributed by atoms with Crippen molar-refractivity contribution in [2.75, 3.05) is 25.6 Å². The number of aromatic nitrogens is 1. The molecule has 1 N–H and O–H groups in total. The summed E-state index contributed by atoms with van der Waals surface area (Å²) in [6.45, 7) is 11.1. The number of nitriles is 1. The summed E-state index contributed by atoms with van der Waals surface area (Å²) in [5, 5.41) is 12.4. The second-order valence-corrected chi connectivity index (χ2v) is 7.86. The average Bonchev–Trinajstić information content (AvgIpc) is 3.03. The number of hydrogen-bond donors (Lipinski definition) is 1. The molecule has 0 spiro atoms. The number of methoxy groups -OCH3 is 1. The number of carbonyl (C=O) groups excluding carboxylic acids is 2. The van der Waals surface area contributed by atoms with Crippen LogP contribution in [-0.2, 0) is 20.9 Å². The molecule has 0 aliphatic carbocycles. The molecule has 1 heterocycles. The van der Waals surface area contributed by atoms with E-state index in [9.17, 15) is 14.9 Å². The maximum absolute atomic E-state index is 12.8. The first-order chi connectivity index (χ1) is 15.2. The molecular weight excluding hydrogens is 404 g/mol. The average molecular weight is 437 g/mol. The van der Waals surface area contributed by atoms with Gasteiger partial charge in [0.05, 0.1) is 12.6 Å². The van der Waals surface area contributed by atoms with Crippen LogP contribution in [0.1, 0.15) is 49.3 Å². The molecule has 2 aromatic rings. The first-order valence-electron chi connectivity index (χ1n) is 10.7. The quantitative estimate of drug-likeness (QED) is 0.471. The molecule has 2 rings (SSSR count). The summed E-state index contributed by atoms with van der Waals surface area (Å²) >= 11 is 0. The van der Waals surface area contributed by atoms with E-state index >= 15 is 0 Å². The molecule has 170 valence electrons. The molecule has 1 atom stereocenters. The van der Waals surface area contributed by atoms with Gasteiger partial charge in [0.2, 0.25) is 5.91 Å². The lowest BCUT2D eigenvalue weighted by Crippen LogP contribution is -2.27. The SMILES string of the molecule is CCN(Cc1cccc(NC(=O)/C(C#N)=C\c2cc(C)n(C(C)COC)c2C)c1)C(C)=O. The predicted molar refractivity (Wildman–Crippen MR) is 126 cm³/mol. The van der Waals surface area contributed by atoms with E-state index < -0.39 is 5.91 Å². The van der Waals surface area contributed by atoms with Crippen LogP contribution in [-0.4, -0.2) is 41.5 Å². The summed E-state index contributed by atoms with van der Waals surface area (Å²) in [6, 6.07) is 11.4. The van der Waals surface area contributed by atoms with Crippen LogP contribution in [0.5, 0.6) is 0 Å². The largest absolute Gasteiger partial charge is 0.383 e. The van der Waals surface area contributed by atoms with Gasteiger partial charge in [-0.15, -0.1) is 0 Å². The van der Waals surface area contributed by atoms with Gasteiger partial charge in [-0.25, -0.2) is 0 Å². The van der Waals surface area contributed by atoms with Crippen molar-refractivity contribution in [3.05, 3.63) is 58.4 Å². The minimum atomic E-state index is -0.474. The third kappa shape index (κ3) is 6.08. The predicted octanol–water partition coefficient (Wildman–Crippen LogP) is 4.23. The van der Waals surface area contributed by atoms with E-state index in [1.165, 1.54) is 6.92 Å². The summed E-state index contributed by atoms with van der Waals surface area (Å²) < 4.78 is 7.40. The highest BCUT2D eigenvalue weighted by molar-refractivity contribution is 6.09. The Bertz CT molecular complexity index is 1050. The standard InChI is InChI=1S/C25H32N4O3/c1-7-28(20(5)30)15-21-9-8-10-24(12-21)27-25(31)23(14-26)13-22-11-17(2)29(19(22)4)18(3)16-32-6/h8-13,18H,7,15-16H2,1-6H3,(H,27,31)/b23-13-. The van der Waals surface area contributed by atoms with Crippen molar-refractivity contribution in [2.24, 2.45) is 0 Å². The molecule has 32 heavy (non-hydrogen) atoms. The van der Waals surface area contributed by atoms with E-state index in [1.807, 2.05) is 51.1 Å². The van der Waals surface area contributed by atoms with Crippen molar-refractivity contribution >= 4 is 23.6 Å². The van der Waals surface area contributed by atoms with Gasteiger partial charge in [0.25, 0.3) is 5.91 Å². The summed E-state index contributed by atoms with van der Waals surface area (Å²) in [5.41, 5.74) is 4.33. The fourth-order valence-corrected chi connectivity index (χ4v) is 3.86. The van der Waals surface area contributed by atoms with Gasteiger partial charge in [0, 0.05) is 44.2 Å². The highest BCUT2D eigenvalue weighted by Crippen LogP contribution is 2.23. The highest BCUT2D eigenvalue weighted by atomic mass is 16.5. The molecule has 7 nitrogen and oxygen atoms in total. The van der Waals surface area contributed by atoms with Crippen molar-refractivity contribution < 1.29 is 14.3 Å². The lowest BCUT2D eigenvalue weighted by molar-refractivity contribution is -0.129. The minimum absolute atomic E-state index is 0.00550. The Morgan fingerprint density at radius 3 is 2.62 bits per heavy atom. The van der Waals surface area contributed by atoms with Crippen LogP contribution < -0.4 is 5.32 Å². The van der Waals surface area contributed by atoms with E-state index in [1.54, 1.807) is 24.2 Å². The third-order valence-electron chi connectivity index (χ3n) is 5.42. The molecule has 0 saturated heterocycles. The van der Waals surface area contributed by atoms with Crippen molar-refractivity contribution in [1.82, 2.24) is 9.47 Å². The first-order valence-corrected chi connectivity index (χ1v) is 10.7. The van der Waals surface area contributed by atoms with E-state index in [0.717, 1.165) is 22.5 Å². The highest BCUT2D eigenvalue weighted by Gasteiger charge is 2.16. The normalized spacial score (nSPS) is 12.2. The number of carbonyl (C=O) groups is 2. The molecule has 1 aromatic heterocycles. The van der Waals surface area contributed by atoms with Crippen molar-refractivity contribution in [1.29, 1.82) is 5.26 Å². The molecule has 1 aromatic carbocycles. The lowest BCUT2D eigenvalue weighted by Gasteiger charge is -2.19. The van der Waals surface area contributed by atoms with Crippen LogP contribution in [0.15, 0.2) is 35.9 Å². The summed E-state index contributed by atoms with van der Waals surface area (Å²) in [5.74, 6) is -0.479. The van der Waals surface area contributed by atoms with E-state index in [2.05, 4.69) is 16.8 Å². The number of anilines is 1. The molecule has 0 saturated carbocycles. The number of nitrogens with one attached hydrogen (secondary N) is 1. The van der Waals surface area contributed by atoms with E-state index in [4.69, 9.17) is 4.74 Å². The zero-order valence-corrected chi connectivity index (χ0v) is 19.7. The van der Waals surface area contributed by atoms with Crippen LogP contribution in [0.4, 0.5) is 5.69 Å². The smallest absolute Gasteiger partial charge is 0.266 e. The van der Waals surface area contributed by atoms with Crippen molar-refractivity contribution in [3.8, 4) is 6.07 Å². The Morgan fingerprint density at radius 1 is 1.31 bits per heavy atom. The number of rotatable bonds is 9. The number of ether oxygens (including phenoxy) is 1. The maximum atomic E-state index is 12.8. The van der Waals surface area contributed by atoms with Crippen LogP contribution in [0.3, 0.4) is 0 Å². The summed E-state index contributed by atoms with van der Waals surface area (Å²) in [7, 11) is 1.67. The first kappa shape index (κ1) is 24.9. The van der Waals surface area contributed by atoms with Crippen LogP contribution in [0.25, 0.3) is 6.08 Å². The Kier molecular flexibility index (Phi) is 8.80. The Hall–Kier alpha value is -3.37. The van der Waals surface area contributed by atoms with Gasteiger partial charge in [-0.3, -0.25) is 9.59 Å². The number of nitrogens with zero attached hydrogens (tertiary/aromatic N) is 3. The molecular formula is C25H32N4O3. The second kappa shape index (κ2) is 11.3. The molecule has 0 aliphatic rings. The number of hydrogen-bond acceptors (Lipinski definition) is 4. The molecule has 2 amide bonds. The van der Waals surface area contributed by atoms with Gasteiger partial charge in [-0.05, 0) is 63.1 Å². The third-order valence-corrected chi connectivity index (χ3v) is 5.42. The molecule has 0 fully saturated rings. The van der Waals surface area contributed by atoms with E-state index in [0.29, 0.717) is 25.4 Å². The van der Waals surface area contributed by atoms with Crippen LogP contribution >= 0.6 is 0 Å². The monoisotopic (exact) mass is 436 g/mol. The van der Waals surface area contributed by atoms with Gasteiger partial charge >= 0.3 is 0 Å². The fraction of sp³-hybridized carbons (Fsp3) is 0.400. The topological polar surface area (TPSA) is 87.4 Å². The summed E-state index contributed by atoms with van der Waals surface area (Å²) in [6.07, 6.45) is 1.62. The lowest BCUT2D eigenvalue weighted by atomic mass is 10.1. The molecule has 1 unspecified atom stereocenters. The van der Waals surface area contributed by atoms with Gasteiger partial charge in [0.15, 0.2) is 0 Å². The van der Waals surface area contributed by atoms with Crippen LogP contribution in [0, 0.1) is 25.2 Å². The Balaban J connectivity index is 2.24. The Labute approximate surface area is 190 Å². The van der Waals surface area contributed by atoms with E-state index in [-0.39, 0.29) is 17.5 Å². The van der Waals surface area contributed by atoms with Gasteiger partial charge in [-0.2, -0.15) is 5.26 Å². The number of aryl methyl sites for hydroxylation is 1. The number of benzene rings is 1. The zero-order valence-electron chi connectivity index (χ0n) is 19.7. The van der Waals surface area contributed by atoms with Crippen molar-refractivity contribution in [3.63, 3.8) is 0 Å². The van der Waals surface area contributed by atoms with Gasteiger partial charge in [0.1, 0.15) is 11.6 Å². The second-order valence-electron chi connectivity index (χ2n) is 7.86. The molecule has 0 aliphatic heterocycles. The molecule has 7 heteroatoms. The molecule has 0 bridgehead atoms. The minimum Gasteiger partial charge on any atom is -0.383 e. The number of amides is 2. The molecule has 0 radical (unpaired) electrons. The zero-order chi connectivity index (χ0) is 23.8. The van der Waals surface area contributed by atoms with Gasteiger partial charge < -0.3 is 19.5 Å².